The monoisotopic (exact) mass is 289 g/mol. The molecule has 0 aliphatic heterocycles. The van der Waals surface area contributed by atoms with Crippen molar-refractivity contribution in [2.45, 2.75) is 12.8 Å². The lowest BCUT2D eigenvalue weighted by Crippen LogP contribution is -1.92. The quantitative estimate of drug-likeness (QED) is 0.617. The highest BCUT2D eigenvalue weighted by Crippen LogP contribution is 2.22. The number of pyridine rings is 1. The molecule has 0 atom stereocenters. The molecule has 0 spiro atoms. The molecule has 0 aliphatic rings. The van der Waals surface area contributed by atoms with Crippen molar-refractivity contribution < 1.29 is 4.42 Å². The van der Waals surface area contributed by atoms with Crippen molar-refractivity contribution in [3.05, 3.63) is 72.4 Å². The fourth-order valence-electron chi connectivity index (χ4n) is 2.55. The second-order valence-electron chi connectivity index (χ2n) is 5.24. The number of hydrogen-bond acceptors (Lipinski definition) is 3. The first kappa shape index (κ1) is 12.8. The molecule has 0 unspecified atom stereocenters. The Morgan fingerprint density at radius 3 is 2.73 bits per heavy atom. The number of benzene rings is 1. The van der Waals surface area contributed by atoms with Gasteiger partial charge in [0.05, 0.1) is 11.8 Å². The number of furan rings is 1. The van der Waals surface area contributed by atoms with E-state index in [0.29, 0.717) is 0 Å². The third kappa shape index (κ3) is 2.51. The van der Waals surface area contributed by atoms with Gasteiger partial charge in [0.1, 0.15) is 11.6 Å². The van der Waals surface area contributed by atoms with E-state index in [4.69, 9.17) is 4.42 Å². The zero-order chi connectivity index (χ0) is 14.8. The molecule has 0 aliphatic carbocycles. The van der Waals surface area contributed by atoms with E-state index in [1.54, 1.807) is 12.5 Å². The third-order valence-corrected chi connectivity index (χ3v) is 3.69. The van der Waals surface area contributed by atoms with Crippen LogP contribution >= 0.6 is 0 Å². The Bertz CT molecular complexity index is 879. The highest BCUT2D eigenvalue weighted by Gasteiger charge is 2.07. The summed E-state index contributed by atoms with van der Waals surface area (Å²) >= 11 is 0. The van der Waals surface area contributed by atoms with E-state index in [1.165, 1.54) is 5.56 Å². The van der Waals surface area contributed by atoms with Crippen LogP contribution in [0.15, 0.2) is 65.4 Å². The summed E-state index contributed by atoms with van der Waals surface area (Å²) in [6.45, 7) is 0. The number of nitrogens with one attached hydrogen (secondary N) is 1. The molecule has 0 fully saturated rings. The second kappa shape index (κ2) is 5.48. The van der Waals surface area contributed by atoms with Gasteiger partial charge >= 0.3 is 0 Å². The van der Waals surface area contributed by atoms with Crippen molar-refractivity contribution in [1.29, 1.82) is 0 Å². The van der Waals surface area contributed by atoms with Crippen LogP contribution in [0.1, 0.15) is 11.4 Å². The van der Waals surface area contributed by atoms with Gasteiger partial charge in [0.15, 0.2) is 5.65 Å². The van der Waals surface area contributed by atoms with Crippen LogP contribution in [0.4, 0.5) is 0 Å². The second-order valence-corrected chi connectivity index (χ2v) is 5.24. The van der Waals surface area contributed by atoms with Crippen LogP contribution in [0.25, 0.3) is 22.5 Å². The predicted octanol–water partition coefficient (Wildman–Crippen LogP) is 4.00. The van der Waals surface area contributed by atoms with Gasteiger partial charge in [0.2, 0.25) is 0 Å². The molecule has 4 nitrogen and oxygen atoms in total. The Labute approximate surface area is 127 Å². The Morgan fingerprint density at radius 1 is 1.00 bits per heavy atom. The molecule has 1 aromatic carbocycles. The number of imidazole rings is 1. The van der Waals surface area contributed by atoms with Crippen molar-refractivity contribution in [2.24, 2.45) is 0 Å². The Kier molecular flexibility index (Phi) is 3.20. The molecule has 0 saturated carbocycles. The fraction of sp³-hybridized carbons (Fsp3) is 0.111. The third-order valence-electron chi connectivity index (χ3n) is 3.69. The van der Waals surface area contributed by atoms with Gasteiger partial charge in [-0.3, -0.25) is 0 Å². The minimum Gasteiger partial charge on any atom is -0.464 e. The highest BCUT2D eigenvalue weighted by molar-refractivity contribution is 5.76. The largest absolute Gasteiger partial charge is 0.464 e. The fourth-order valence-corrected chi connectivity index (χ4v) is 2.55. The molecule has 0 radical (unpaired) electrons. The molecular formula is C18H15N3O. The Balaban J connectivity index is 1.58. The highest BCUT2D eigenvalue weighted by atomic mass is 16.3. The van der Waals surface area contributed by atoms with E-state index in [1.807, 2.05) is 24.3 Å². The maximum atomic E-state index is 5.41. The number of aryl methyl sites for hydroxylation is 2. The molecule has 0 amide bonds. The maximum Gasteiger partial charge on any atom is 0.177 e. The van der Waals surface area contributed by atoms with Crippen molar-refractivity contribution in [3.63, 3.8) is 0 Å². The number of nitrogens with zero attached hydrogens (tertiary/aromatic N) is 2. The lowest BCUT2D eigenvalue weighted by Gasteiger charge is -1.97. The predicted molar refractivity (Wildman–Crippen MR) is 85.4 cm³/mol. The molecule has 22 heavy (non-hydrogen) atoms. The standard InChI is InChI=1S/C18H15N3O/c1-2-5-13(6-3-1)8-9-17-20-15-11-14(12-19-18(15)21-17)16-7-4-10-22-16/h1-7,10-12H,8-9H2,(H,19,20,21). The van der Waals surface area contributed by atoms with Gasteiger partial charge in [-0.15, -0.1) is 0 Å². The minimum absolute atomic E-state index is 0.748. The lowest BCUT2D eigenvalue weighted by atomic mass is 10.1. The van der Waals surface area contributed by atoms with Crippen molar-refractivity contribution in [1.82, 2.24) is 15.0 Å². The van der Waals surface area contributed by atoms with Gasteiger partial charge in [-0.1, -0.05) is 30.3 Å². The molecule has 4 aromatic rings. The van der Waals surface area contributed by atoms with Crippen LogP contribution in [0.3, 0.4) is 0 Å². The van der Waals surface area contributed by atoms with Crippen molar-refractivity contribution in [2.75, 3.05) is 0 Å². The summed E-state index contributed by atoms with van der Waals surface area (Å²) in [6.07, 6.45) is 5.29. The van der Waals surface area contributed by atoms with Crippen molar-refractivity contribution in [3.8, 4) is 11.3 Å². The molecule has 108 valence electrons. The first-order chi connectivity index (χ1) is 10.9. The van der Waals surface area contributed by atoms with E-state index < -0.39 is 0 Å². The van der Waals surface area contributed by atoms with Crippen molar-refractivity contribution >= 4 is 11.2 Å². The molecule has 0 bridgehead atoms. The number of rotatable bonds is 4. The molecule has 1 N–H and O–H groups in total. The average Bonchev–Trinajstić information content (AvgIpc) is 3.22. The van der Waals surface area contributed by atoms with Gasteiger partial charge in [-0.25, -0.2) is 9.97 Å². The van der Waals surface area contributed by atoms with Crippen LogP contribution in [0, 0.1) is 0 Å². The summed E-state index contributed by atoms with van der Waals surface area (Å²) in [5.74, 6) is 1.78. The minimum atomic E-state index is 0.748. The smallest absolute Gasteiger partial charge is 0.177 e. The van der Waals surface area contributed by atoms with E-state index in [-0.39, 0.29) is 0 Å². The Hall–Kier alpha value is -2.88. The lowest BCUT2D eigenvalue weighted by molar-refractivity contribution is 0.582. The summed E-state index contributed by atoms with van der Waals surface area (Å²) in [6, 6.07) is 16.3. The Morgan fingerprint density at radius 2 is 1.91 bits per heavy atom. The van der Waals surface area contributed by atoms with Crippen LogP contribution in [0.2, 0.25) is 0 Å². The summed E-state index contributed by atoms with van der Waals surface area (Å²) in [4.78, 5) is 12.3. The molecule has 4 rings (SSSR count). The number of hydrogen-bond donors (Lipinski definition) is 1. The normalized spacial score (nSPS) is 11.1. The number of H-pyrrole nitrogens is 1. The van der Waals surface area contributed by atoms with Crippen LogP contribution in [-0.2, 0) is 12.8 Å². The summed E-state index contributed by atoms with van der Waals surface area (Å²) in [5, 5.41) is 0. The number of fused-ring (bicyclic) bond motifs is 1. The van der Waals surface area contributed by atoms with Gasteiger partial charge in [0.25, 0.3) is 0 Å². The molecule has 3 heterocycles. The summed E-state index contributed by atoms with van der Waals surface area (Å²) in [5.41, 5.74) is 3.96. The zero-order valence-electron chi connectivity index (χ0n) is 12.0. The van der Waals surface area contributed by atoms with E-state index >= 15 is 0 Å². The van der Waals surface area contributed by atoms with E-state index in [0.717, 1.165) is 41.2 Å². The summed E-state index contributed by atoms with van der Waals surface area (Å²) < 4.78 is 5.41. The molecule has 3 aromatic heterocycles. The zero-order valence-corrected chi connectivity index (χ0v) is 12.0. The van der Waals surface area contributed by atoms with Gasteiger partial charge in [0, 0.05) is 18.2 Å². The van der Waals surface area contributed by atoms with E-state index in [9.17, 15) is 0 Å². The van der Waals surface area contributed by atoms with Gasteiger partial charge in [-0.05, 0) is 30.2 Å². The number of aromatic amines is 1. The molecule has 4 heteroatoms. The topological polar surface area (TPSA) is 54.7 Å². The van der Waals surface area contributed by atoms with Gasteiger partial charge < -0.3 is 9.40 Å². The molecular weight excluding hydrogens is 274 g/mol. The maximum absolute atomic E-state index is 5.41. The van der Waals surface area contributed by atoms with Crippen LogP contribution in [-0.4, -0.2) is 15.0 Å². The molecule has 0 saturated heterocycles. The first-order valence-electron chi connectivity index (χ1n) is 7.31. The first-order valence-corrected chi connectivity index (χ1v) is 7.31. The van der Waals surface area contributed by atoms with Gasteiger partial charge in [-0.2, -0.15) is 0 Å². The summed E-state index contributed by atoms with van der Waals surface area (Å²) in [7, 11) is 0. The van der Waals surface area contributed by atoms with E-state index in [2.05, 4.69) is 39.2 Å². The van der Waals surface area contributed by atoms with Crippen LogP contribution < -0.4 is 0 Å². The SMILES string of the molecule is c1ccc(CCc2nc3ncc(-c4ccco4)cc3[nH]2)cc1. The average molecular weight is 289 g/mol. The van der Waals surface area contributed by atoms with Crippen LogP contribution in [0.5, 0.6) is 0 Å². The number of aromatic nitrogens is 3.